The Hall–Kier alpha value is -3.06. The van der Waals surface area contributed by atoms with Crippen molar-refractivity contribution in [2.24, 2.45) is 11.8 Å². The molecule has 1 aromatic heterocycles. The number of aromatic nitrogens is 1. The number of likely N-dealkylation sites (tertiary alicyclic amines) is 1. The molecule has 3 aromatic rings. The Morgan fingerprint density at radius 3 is 2.79 bits per heavy atom. The Bertz CT molecular complexity index is 1200. The average Bonchev–Trinajstić information content (AvgIpc) is 2.93. The molecule has 2 aromatic carbocycles. The number of fused-ring (bicyclic) bond motifs is 1. The van der Waals surface area contributed by atoms with E-state index in [9.17, 15) is 14.3 Å². The van der Waals surface area contributed by atoms with Crippen LogP contribution in [0.15, 0.2) is 54.7 Å². The molecule has 2 unspecified atom stereocenters. The first kappa shape index (κ1) is 28.0. The number of aryl methyl sites for hydroxylation is 1. The number of rotatable bonds is 13. The van der Waals surface area contributed by atoms with Crippen molar-refractivity contribution in [1.82, 2.24) is 9.88 Å². The van der Waals surface area contributed by atoms with Gasteiger partial charge in [-0.05, 0) is 111 Å². The number of hydrogen-bond donors (Lipinski definition) is 1. The maximum Gasteiger partial charge on any atom is 0.303 e. The fraction of sp³-hybridized carbons (Fsp3) is 0.484. The molecule has 4 rings (SSSR count). The summed E-state index contributed by atoms with van der Waals surface area (Å²) in [5.74, 6) is 0.269. The summed E-state index contributed by atoms with van der Waals surface area (Å²) in [5.41, 5.74) is 2.13. The van der Waals surface area contributed by atoms with Gasteiger partial charge in [-0.2, -0.15) is 0 Å². The number of hydrogen-bond acceptors (Lipinski definition) is 4. The zero-order valence-corrected chi connectivity index (χ0v) is 22.1. The molecule has 0 radical (unpaired) electrons. The van der Waals surface area contributed by atoms with Crippen molar-refractivity contribution in [2.45, 2.75) is 57.5 Å². The molecular weight excluding hydrogens is 486 g/mol. The number of pyridine rings is 1. The van der Waals surface area contributed by atoms with Crippen LogP contribution in [-0.2, 0) is 11.2 Å². The molecule has 2 heterocycles. The van der Waals surface area contributed by atoms with E-state index >= 15 is 4.39 Å². The molecule has 1 saturated heterocycles. The molecule has 1 fully saturated rings. The lowest BCUT2D eigenvalue weighted by atomic mass is 9.79. The van der Waals surface area contributed by atoms with Gasteiger partial charge in [0.05, 0.1) is 12.6 Å². The monoisotopic (exact) mass is 524 g/mol. The number of carboxylic acid groups (broad SMARTS) is 1. The molecule has 0 bridgehead atoms. The molecule has 38 heavy (non-hydrogen) atoms. The summed E-state index contributed by atoms with van der Waals surface area (Å²) in [6, 6.07) is 14.2. The maximum atomic E-state index is 15.5. The molecule has 0 spiro atoms. The highest BCUT2D eigenvalue weighted by Crippen LogP contribution is 2.36. The van der Waals surface area contributed by atoms with Crippen molar-refractivity contribution in [3.8, 4) is 5.75 Å². The second-order valence-corrected chi connectivity index (χ2v) is 10.4. The van der Waals surface area contributed by atoms with Gasteiger partial charge in [-0.3, -0.25) is 9.78 Å². The second kappa shape index (κ2) is 13.7. The Morgan fingerprint density at radius 1 is 1.16 bits per heavy atom. The summed E-state index contributed by atoms with van der Waals surface area (Å²) in [6.45, 7) is 2.69. The van der Waals surface area contributed by atoms with Gasteiger partial charge in [-0.15, -0.1) is 0 Å². The summed E-state index contributed by atoms with van der Waals surface area (Å²) in [7, 11) is 1.59. The molecule has 1 aliphatic heterocycles. The standard InChI is InChI=1S/C31H38F2N2O3/c1-38-25-11-13-30-27(20-25)26(15-17-34-30)29(33)12-9-22-16-19-35(21-24(22)10-14-31(36)37)18-5-4-7-23-6-2-3-8-28(23)32/h2-3,6,8,11,13,15,17,20,22,24,29H,4-5,7,9-10,12,14,16,18-19,21H2,1H3,(H,36,37)/t22?,24?,29-/m0/s1. The van der Waals surface area contributed by atoms with Crippen molar-refractivity contribution in [2.75, 3.05) is 26.7 Å². The predicted molar refractivity (Wildman–Crippen MR) is 146 cm³/mol. The van der Waals surface area contributed by atoms with Crippen molar-refractivity contribution in [1.29, 1.82) is 0 Å². The van der Waals surface area contributed by atoms with Gasteiger partial charge in [0.15, 0.2) is 0 Å². The SMILES string of the molecule is COc1ccc2nccc([C@@H](F)CCC3CCN(CCCCc4ccccc4F)CC3CCC(=O)O)c2c1. The number of unbranched alkanes of at least 4 members (excludes halogenated alkanes) is 1. The van der Waals surface area contributed by atoms with Crippen molar-refractivity contribution < 1.29 is 23.4 Å². The van der Waals surface area contributed by atoms with E-state index in [2.05, 4.69) is 9.88 Å². The van der Waals surface area contributed by atoms with Crippen molar-refractivity contribution >= 4 is 16.9 Å². The smallest absolute Gasteiger partial charge is 0.303 e. The van der Waals surface area contributed by atoms with Crippen LogP contribution in [0, 0.1) is 17.7 Å². The van der Waals surface area contributed by atoms with Gasteiger partial charge < -0.3 is 14.7 Å². The second-order valence-electron chi connectivity index (χ2n) is 10.4. The van der Waals surface area contributed by atoms with Gasteiger partial charge in [0.2, 0.25) is 0 Å². The first-order chi connectivity index (χ1) is 18.4. The number of halogens is 2. The average molecular weight is 525 g/mol. The molecule has 0 saturated carbocycles. The largest absolute Gasteiger partial charge is 0.497 e. The minimum absolute atomic E-state index is 0.135. The molecule has 1 aliphatic rings. The first-order valence-corrected chi connectivity index (χ1v) is 13.7. The first-order valence-electron chi connectivity index (χ1n) is 13.7. The van der Waals surface area contributed by atoms with Crippen LogP contribution in [0.3, 0.4) is 0 Å². The number of alkyl halides is 1. The minimum Gasteiger partial charge on any atom is -0.497 e. The van der Waals surface area contributed by atoms with Gasteiger partial charge in [-0.1, -0.05) is 18.2 Å². The summed E-state index contributed by atoms with van der Waals surface area (Å²) in [5, 5.41) is 10.1. The summed E-state index contributed by atoms with van der Waals surface area (Å²) in [4.78, 5) is 18.1. The van der Waals surface area contributed by atoms with E-state index in [1.807, 2.05) is 30.3 Å². The van der Waals surface area contributed by atoms with Crippen LogP contribution in [-0.4, -0.2) is 47.7 Å². The van der Waals surface area contributed by atoms with Crippen LogP contribution < -0.4 is 4.74 Å². The fourth-order valence-electron chi connectivity index (χ4n) is 5.79. The van der Waals surface area contributed by atoms with E-state index in [4.69, 9.17) is 4.74 Å². The number of benzene rings is 2. The molecular formula is C31H38F2N2O3. The predicted octanol–water partition coefficient (Wildman–Crippen LogP) is 7.00. The third-order valence-corrected chi connectivity index (χ3v) is 7.94. The highest BCUT2D eigenvalue weighted by atomic mass is 19.1. The van der Waals surface area contributed by atoms with E-state index < -0.39 is 12.1 Å². The molecule has 0 aliphatic carbocycles. The van der Waals surface area contributed by atoms with Gasteiger partial charge in [0.1, 0.15) is 17.7 Å². The topological polar surface area (TPSA) is 62.7 Å². The van der Waals surface area contributed by atoms with Crippen LogP contribution in [0.2, 0.25) is 0 Å². The molecule has 204 valence electrons. The Kier molecular flexibility index (Phi) is 10.0. The zero-order chi connectivity index (χ0) is 26.9. The van der Waals surface area contributed by atoms with Gasteiger partial charge >= 0.3 is 5.97 Å². The Morgan fingerprint density at radius 2 is 2.00 bits per heavy atom. The highest BCUT2D eigenvalue weighted by Gasteiger charge is 2.30. The third kappa shape index (κ3) is 7.50. The number of nitrogens with zero attached hydrogens (tertiary/aromatic N) is 2. The van der Waals surface area contributed by atoms with Gasteiger partial charge in [0.25, 0.3) is 0 Å². The van der Waals surface area contributed by atoms with E-state index in [1.165, 1.54) is 6.07 Å². The zero-order valence-electron chi connectivity index (χ0n) is 22.1. The number of carbonyl (C=O) groups is 1. The Labute approximate surface area is 223 Å². The van der Waals surface area contributed by atoms with E-state index in [1.54, 1.807) is 25.4 Å². The van der Waals surface area contributed by atoms with Crippen LogP contribution in [0.4, 0.5) is 8.78 Å². The van der Waals surface area contributed by atoms with E-state index in [0.29, 0.717) is 30.1 Å². The van der Waals surface area contributed by atoms with Gasteiger partial charge in [0, 0.05) is 24.5 Å². The van der Waals surface area contributed by atoms with E-state index in [-0.39, 0.29) is 18.2 Å². The molecule has 7 heteroatoms. The summed E-state index contributed by atoms with van der Waals surface area (Å²) in [6.07, 6.45) is 5.93. The number of ether oxygens (including phenoxy) is 1. The van der Waals surface area contributed by atoms with Crippen LogP contribution in [0.25, 0.3) is 10.9 Å². The third-order valence-electron chi connectivity index (χ3n) is 7.94. The fourth-order valence-corrected chi connectivity index (χ4v) is 5.79. The van der Waals surface area contributed by atoms with Crippen LogP contribution in [0.1, 0.15) is 62.2 Å². The van der Waals surface area contributed by atoms with E-state index in [0.717, 1.165) is 68.2 Å². The lowest BCUT2D eigenvalue weighted by molar-refractivity contribution is -0.137. The molecule has 3 atom stereocenters. The molecule has 5 nitrogen and oxygen atoms in total. The van der Waals surface area contributed by atoms with Crippen molar-refractivity contribution in [3.63, 3.8) is 0 Å². The Balaban J connectivity index is 1.32. The van der Waals surface area contributed by atoms with Crippen LogP contribution in [0.5, 0.6) is 5.75 Å². The quantitative estimate of drug-likeness (QED) is 0.244. The minimum atomic E-state index is -1.12. The number of methoxy groups -OCH3 is 1. The lowest BCUT2D eigenvalue weighted by Gasteiger charge is -2.39. The highest BCUT2D eigenvalue weighted by molar-refractivity contribution is 5.83. The number of aliphatic carboxylic acids is 1. The number of carboxylic acids is 1. The summed E-state index contributed by atoms with van der Waals surface area (Å²) >= 11 is 0. The van der Waals surface area contributed by atoms with Gasteiger partial charge in [-0.25, -0.2) is 8.78 Å². The maximum absolute atomic E-state index is 15.5. The van der Waals surface area contributed by atoms with Crippen molar-refractivity contribution in [3.05, 3.63) is 71.7 Å². The molecule has 1 N–H and O–H groups in total. The normalized spacial score (nSPS) is 18.9. The van der Waals surface area contributed by atoms with Crippen LogP contribution >= 0.6 is 0 Å². The summed E-state index contributed by atoms with van der Waals surface area (Å²) < 4.78 is 34.7. The lowest BCUT2D eigenvalue weighted by Crippen LogP contribution is -2.41. The molecule has 0 amide bonds. The number of piperidine rings is 1.